The molecule has 2 amide bonds. The molecule has 9 nitrogen and oxygen atoms in total. The number of carbonyl (C=O) groups excluding carboxylic acids is 2. The fourth-order valence-electron chi connectivity index (χ4n) is 5.58. The normalized spacial score (nSPS) is 19.0. The lowest BCUT2D eigenvalue weighted by atomic mass is 9.80. The molecule has 1 saturated carbocycles. The number of rotatable bonds is 8. The molecule has 0 saturated heterocycles. The summed E-state index contributed by atoms with van der Waals surface area (Å²) in [6.45, 7) is 0.0324. The van der Waals surface area contributed by atoms with Crippen LogP contribution in [0.1, 0.15) is 47.8 Å². The van der Waals surface area contributed by atoms with Crippen molar-refractivity contribution in [1.82, 2.24) is 20.6 Å². The first-order valence-corrected chi connectivity index (χ1v) is 14.6. The van der Waals surface area contributed by atoms with Crippen LogP contribution in [0.3, 0.4) is 0 Å². The monoisotopic (exact) mass is 638 g/mol. The van der Waals surface area contributed by atoms with Crippen LogP contribution in [-0.4, -0.2) is 59.4 Å². The lowest BCUT2D eigenvalue weighted by Crippen LogP contribution is -2.52. The SMILES string of the molecule is COc1cc(C(=O)NCC(O)(c2cc3c(c(-c4ccc(F)cc4)n2)OC[C@]3(C)C(=O)NC2CCC2)C(F)(F)F)cc2cccnc12. The number of amides is 2. The Hall–Kier alpha value is -4.78. The molecule has 1 unspecified atom stereocenters. The number of benzene rings is 2. The highest BCUT2D eigenvalue weighted by atomic mass is 19.4. The predicted octanol–water partition coefficient (Wildman–Crippen LogP) is 4.94. The van der Waals surface area contributed by atoms with E-state index < -0.39 is 47.1 Å². The zero-order valence-electron chi connectivity index (χ0n) is 24.9. The molecule has 240 valence electrons. The molecule has 0 radical (unpaired) electrons. The number of nitrogens with zero attached hydrogens (tertiary/aromatic N) is 2. The van der Waals surface area contributed by atoms with E-state index in [-0.39, 0.29) is 46.5 Å². The Kier molecular flexibility index (Phi) is 7.83. The Balaban J connectivity index is 1.41. The van der Waals surface area contributed by atoms with Gasteiger partial charge in [-0.25, -0.2) is 9.37 Å². The number of aromatic nitrogens is 2. The van der Waals surface area contributed by atoms with Crippen LogP contribution < -0.4 is 20.1 Å². The average molecular weight is 639 g/mol. The number of methoxy groups -OCH3 is 1. The highest BCUT2D eigenvalue weighted by Crippen LogP contribution is 2.48. The zero-order valence-corrected chi connectivity index (χ0v) is 24.9. The summed E-state index contributed by atoms with van der Waals surface area (Å²) in [5.74, 6) is -1.66. The molecule has 46 heavy (non-hydrogen) atoms. The number of carbonyl (C=O) groups is 2. The summed E-state index contributed by atoms with van der Waals surface area (Å²) < 4.78 is 69.6. The van der Waals surface area contributed by atoms with Crippen LogP contribution in [0.4, 0.5) is 17.6 Å². The number of halogens is 4. The number of hydrogen-bond acceptors (Lipinski definition) is 7. The average Bonchev–Trinajstić information content (AvgIpc) is 3.37. The van der Waals surface area contributed by atoms with Crippen LogP contribution in [0.5, 0.6) is 11.5 Å². The van der Waals surface area contributed by atoms with Crippen molar-refractivity contribution in [3.63, 3.8) is 0 Å². The third-order valence-electron chi connectivity index (χ3n) is 8.68. The Morgan fingerprint density at radius 1 is 1.13 bits per heavy atom. The van der Waals surface area contributed by atoms with Gasteiger partial charge in [-0.05, 0) is 74.7 Å². The minimum Gasteiger partial charge on any atom is -0.494 e. The third-order valence-corrected chi connectivity index (χ3v) is 8.68. The number of alkyl halides is 3. The maximum atomic E-state index is 14.9. The van der Waals surface area contributed by atoms with E-state index in [9.17, 15) is 32.3 Å². The van der Waals surface area contributed by atoms with Crippen molar-refractivity contribution in [2.45, 2.75) is 49.4 Å². The lowest BCUT2D eigenvalue weighted by molar-refractivity contribution is -0.265. The molecule has 1 aliphatic heterocycles. The van der Waals surface area contributed by atoms with Gasteiger partial charge in [-0.3, -0.25) is 14.6 Å². The molecule has 0 bridgehead atoms. The van der Waals surface area contributed by atoms with E-state index in [1.165, 1.54) is 37.6 Å². The van der Waals surface area contributed by atoms with Crippen molar-refractivity contribution in [1.29, 1.82) is 0 Å². The molecule has 6 rings (SSSR count). The second-order valence-corrected chi connectivity index (χ2v) is 11.8. The van der Waals surface area contributed by atoms with Crippen molar-refractivity contribution < 1.29 is 41.7 Å². The van der Waals surface area contributed by atoms with Gasteiger partial charge >= 0.3 is 6.18 Å². The quantitative estimate of drug-likeness (QED) is 0.234. The van der Waals surface area contributed by atoms with Crippen LogP contribution in [0.15, 0.2) is 60.8 Å². The topological polar surface area (TPSA) is 123 Å². The van der Waals surface area contributed by atoms with E-state index in [0.717, 1.165) is 37.5 Å². The van der Waals surface area contributed by atoms with Crippen molar-refractivity contribution in [2.24, 2.45) is 0 Å². The molecule has 3 heterocycles. The standard InChI is InChI=1S/C33H30F4N4O5/c1-31(30(43)40-22-6-3-7-22)17-46-28-23(31)15-25(41-27(28)18-8-10-21(34)11-9-18)32(44,33(35,36)37)16-39-29(42)20-13-19-5-4-12-38-26(19)24(14-20)45-2/h4-5,8-15,22,44H,3,6-7,16-17H2,1-2H3,(H,39,42)(H,40,43)/t31-,32?/m0/s1. The summed E-state index contributed by atoms with van der Waals surface area (Å²) in [7, 11) is 1.37. The molecule has 2 aromatic carbocycles. The fourth-order valence-corrected chi connectivity index (χ4v) is 5.58. The summed E-state index contributed by atoms with van der Waals surface area (Å²) >= 11 is 0. The Bertz CT molecular complexity index is 1830. The smallest absolute Gasteiger partial charge is 0.424 e. The first-order valence-electron chi connectivity index (χ1n) is 14.6. The van der Waals surface area contributed by atoms with Crippen LogP contribution in [-0.2, 0) is 15.8 Å². The van der Waals surface area contributed by atoms with Gasteiger partial charge in [0.15, 0.2) is 0 Å². The molecular formula is C33H30F4N4O5. The molecule has 2 atom stereocenters. The largest absolute Gasteiger partial charge is 0.494 e. The number of ether oxygens (including phenoxy) is 2. The number of nitrogens with one attached hydrogen (secondary N) is 2. The maximum Gasteiger partial charge on any atom is 0.424 e. The van der Waals surface area contributed by atoms with Crippen LogP contribution in [0, 0.1) is 5.82 Å². The van der Waals surface area contributed by atoms with Gasteiger partial charge in [0.05, 0.1) is 19.3 Å². The number of hydrogen-bond donors (Lipinski definition) is 3. The van der Waals surface area contributed by atoms with Gasteiger partial charge in [-0.1, -0.05) is 6.07 Å². The Morgan fingerprint density at radius 2 is 1.87 bits per heavy atom. The molecular weight excluding hydrogens is 608 g/mol. The highest BCUT2D eigenvalue weighted by Gasteiger charge is 2.58. The van der Waals surface area contributed by atoms with Gasteiger partial charge in [0, 0.05) is 34.3 Å². The van der Waals surface area contributed by atoms with Gasteiger partial charge in [-0.15, -0.1) is 0 Å². The number of pyridine rings is 2. The summed E-state index contributed by atoms with van der Waals surface area (Å²) in [6, 6.07) is 11.9. The van der Waals surface area contributed by atoms with E-state index in [4.69, 9.17) is 9.47 Å². The molecule has 13 heteroatoms. The minimum atomic E-state index is -5.34. The lowest BCUT2D eigenvalue weighted by Gasteiger charge is -2.33. The number of aliphatic hydroxyl groups is 1. The van der Waals surface area contributed by atoms with Gasteiger partial charge in [-0.2, -0.15) is 13.2 Å². The highest BCUT2D eigenvalue weighted by molar-refractivity contribution is 6.00. The molecule has 3 N–H and O–H groups in total. The molecule has 1 fully saturated rings. The minimum absolute atomic E-state index is 0.0237. The van der Waals surface area contributed by atoms with Gasteiger partial charge in [0.2, 0.25) is 11.5 Å². The molecule has 2 aliphatic rings. The summed E-state index contributed by atoms with van der Waals surface area (Å²) in [5.41, 5.74) is -5.41. The molecule has 1 aliphatic carbocycles. The molecule has 4 aromatic rings. The van der Waals surface area contributed by atoms with Crippen LogP contribution in [0.2, 0.25) is 0 Å². The summed E-state index contributed by atoms with van der Waals surface area (Å²) in [5, 5.41) is 17.0. The summed E-state index contributed by atoms with van der Waals surface area (Å²) in [6.07, 6.45) is -1.29. The van der Waals surface area contributed by atoms with Crippen LogP contribution in [0.25, 0.3) is 22.2 Å². The molecule has 2 aromatic heterocycles. The second kappa shape index (κ2) is 11.5. The second-order valence-electron chi connectivity index (χ2n) is 11.8. The van der Waals surface area contributed by atoms with Gasteiger partial charge in [0.1, 0.15) is 40.5 Å². The first-order chi connectivity index (χ1) is 21.8. The maximum absolute atomic E-state index is 14.9. The summed E-state index contributed by atoms with van der Waals surface area (Å²) in [4.78, 5) is 35.1. The van der Waals surface area contributed by atoms with E-state index in [1.54, 1.807) is 19.1 Å². The van der Waals surface area contributed by atoms with Crippen LogP contribution >= 0.6 is 0 Å². The zero-order chi connectivity index (χ0) is 32.9. The predicted molar refractivity (Wildman–Crippen MR) is 159 cm³/mol. The van der Waals surface area contributed by atoms with E-state index in [1.807, 2.05) is 0 Å². The van der Waals surface area contributed by atoms with Gasteiger partial charge in [0.25, 0.3) is 5.91 Å². The van der Waals surface area contributed by atoms with Gasteiger partial charge < -0.3 is 25.2 Å². The van der Waals surface area contributed by atoms with E-state index >= 15 is 0 Å². The van der Waals surface area contributed by atoms with E-state index in [0.29, 0.717) is 10.9 Å². The molecule has 0 spiro atoms. The van der Waals surface area contributed by atoms with Crippen molar-refractivity contribution in [3.8, 4) is 22.8 Å². The number of fused-ring (bicyclic) bond motifs is 2. The Labute approximate surface area is 261 Å². The van der Waals surface area contributed by atoms with Crippen molar-refractivity contribution >= 4 is 22.7 Å². The fraction of sp³-hybridized carbons (Fsp3) is 0.333. The third kappa shape index (κ3) is 5.38. The Morgan fingerprint density at radius 3 is 2.52 bits per heavy atom. The first kappa shape index (κ1) is 31.2. The van der Waals surface area contributed by atoms with E-state index in [2.05, 4.69) is 20.6 Å². The van der Waals surface area contributed by atoms with Crippen molar-refractivity contribution in [2.75, 3.05) is 20.3 Å². The van der Waals surface area contributed by atoms with Crippen molar-refractivity contribution in [3.05, 3.63) is 83.4 Å².